The van der Waals surface area contributed by atoms with Gasteiger partial charge >= 0.3 is 5.97 Å². The average molecular weight is 448 g/mol. The average Bonchev–Trinajstić information content (AvgIpc) is 2.82. The third-order valence-corrected chi connectivity index (χ3v) is 4.87. The molecule has 0 amide bonds. The van der Waals surface area contributed by atoms with Crippen molar-refractivity contribution in [3.8, 4) is 11.5 Å². The number of halogens is 1. The molecule has 4 rings (SSSR count). The van der Waals surface area contributed by atoms with Gasteiger partial charge in [-0.1, -0.05) is 44.2 Å². The summed E-state index contributed by atoms with van der Waals surface area (Å²) in [5, 5.41) is 10.2. The van der Waals surface area contributed by atoms with Crippen LogP contribution in [0.2, 0.25) is 0 Å². The molecule has 0 bridgehead atoms. The number of carbonyl (C=O) groups is 1. The van der Waals surface area contributed by atoms with Crippen molar-refractivity contribution in [1.29, 1.82) is 0 Å². The third-order valence-electron chi connectivity index (χ3n) is 4.87. The monoisotopic (exact) mass is 447 g/mol. The van der Waals surface area contributed by atoms with Gasteiger partial charge in [0.25, 0.3) is 0 Å². The normalized spacial score (nSPS) is 10.3. The van der Waals surface area contributed by atoms with Crippen molar-refractivity contribution < 1.29 is 23.8 Å². The highest BCUT2D eigenvalue weighted by atomic mass is 19.1. The van der Waals surface area contributed by atoms with E-state index in [1.165, 1.54) is 12.1 Å². The number of aryl methyl sites for hydroxylation is 1. The van der Waals surface area contributed by atoms with Crippen molar-refractivity contribution in [3.63, 3.8) is 0 Å². The lowest BCUT2D eigenvalue weighted by Crippen LogP contribution is -2.08. The molecule has 1 heterocycles. The van der Waals surface area contributed by atoms with Gasteiger partial charge < -0.3 is 14.6 Å². The Morgan fingerprint density at radius 1 is 0.909 bits per heavy atom. The molecule has 0 saturated carbocycles. The van der Waals surface area contributed by atoms with Crippen molar-refractivity contribution in [2.24, 2.45) is 0 Å². The molecule has 0 atom stereocenters. The summed E-state index contributed by atoms with van der Waals surface area (Å²) in [5.41, 5.74) is 2.98. The maximum atomic E-state index is 13.3. The second-order valence-electron chi connectivity index (χ2n) is 7.11. The predicted octanol–water partition coefficient (Wildman–Crippen LogP) is 6.56. The number of aromatic carboxylic acids is 1. The molecular weight excluding hydrogens is 421 g/mol. The van der Waals surface area contributed by atoms with Gasteiger partial charge in [0.15, 0.2) is 0 Å². The van der Waals surface area contributed by atoms with Gasteiger partial charge in [-0.15, -0.1) is 0 Å². The van der Waals surface area contributed by atoms with Crippen molar-refractivity contribution >= 4 is 16.9 Å². The number of hydrogen-bond acceptors (Lipinski definition) is 4. The first kappa shape index (κ1) is 23.7. The molecule has 0 aliphatic heterocycles. The minimum Gasteiger partial charge on any atom is -0.489 e. The smallest absolute Gasteiger partial charge is 0.336 e. The van der Waals surface area contributed by atoms with Crippen molar-refractivity contribution in [1.82, 2.24) is 4.98 Å². The van der Waals surface area contributed by atoms with E-state index >= 15 is 0 Å². The lowest BCUT2D eigenvalue weighted by Gasteiger charge is -2.12. The number of hydrogen-bond donors (Lipinski definition) is 1. The zero-order valence-electron chi connectivity index (χ0n) is 18.8. The first-order valence-corrected chi connectivity index (χ1v) is 10.7. The van der Waals surface area contributed by atoms with Crippen LogP contribution in [0.25, 0.3) is 10.9 Å². The quantitative estimate of drug-likeness (QED) is 0.347. The standard InChI is InChI=1S/C25H20FNO4.C2H6/c1-16-4-2-5-18(24(16)25(28)29)14-30-21-6-3-7-22(13-21)31-15-20-10-8-17-12-19(26)9-11-23(17)27-20;1-2/h2-13H,14-15H2,1H3,(H,28,29);1-2H3. The molecule has 33 heavy (non-hydrogen) atoms. The SMILES string of the molecule is CC.Cc1cccc(COc2cccc(OCc3ccc4cc(F)ccc4n3)c2)c1C(=O)O. The summed E-state index contributed by atoms with van der Waals surface area (Å²) in [6, 6.07) is 20.5. The minimum atomic E-state index is -0.973. The number of carboxylic acids is 1. The molecule has 5 nitrogen and oxygen atoms in total. The minimum absolute atomic E-state index is 0.134. The molecule has 0 saturated heterocycles. The molecule has 170 valence electrons. The Kier molecular flexibility index (Phi) is 7.97. The Hall–Kier alpha value is -3.93. The number of benzene rings is 3. The van der Waals surface area contributed by atoms with Crippen LogP contribution < -0.4 is 9.47 Å². The van der Waals surface area contributed by atoms with Gasteiger partial charge in [-0.2, -0.15) is 0 Å². The number of fused-ring (bicyclic) bond motifs is 1. The molecule has 0 spiro atoms. The van der Waals surface area contributed by atoms with E-state index in [1.807, 2.05) is 26.0 Å². The van der Waals surface area contributed by atoms with Crippen LogP contribution in [-0.2, 0) is 13.2 Å². The van der Waals surface area contributed by atoms with E-state index in [1.54, 1.807) is 55.5 Å². The Balaban J connectivity index is 0.00000149. The van der Waals surface area contributed by atoms with E-state index in [9.17, 15) is 14.3 Å². The summed E-state index contributed by atoms with van der Waals surface area (Å²) in [7, 11) is 0. The molecule has 1 aromatic heterocycles. The zero-order valence-corrected chi connectivity index (χ0v) is 18.8. The highest BCUT2D eigenvalue weighted by Crippen LogP contribution is 2.23. The Bertz CT molecular complexity index is 1260. The van der Waals surface area contributed by atoms with Crippen LogP contribution >= 0.6 is 0 Å². The summed E-state index contributed by atoms with van der Waals surface area (Å²) in [6.45, 7) is 6.14. The zero-order chi connectivity index (χ0) is 23.8. The van der Waals surface area contributed by atoms with Crippen molar-refractivity contribution in [2.75, 3.05) is 0 Å². The van der Waals surface area contributed by atoms with E-state index in [4.69, 9.17) is 9.47 Å². The fourth-order valence-corrected chi connectivity index (χ4v) is 3.35. The van der Waals surface area contributed by atoms with E-state index in [0.717, 1.165) is 11.1 Å². The molecule has 6 heteroatoms. The lowest BCUT2D eigenvalue weighted by atomic mass is 10.0. The number of rotatable bonds is 7. The Labute approximate surface area is 192 Å². The molecule has 0 fully saturated rings. The summed E-state index contributed by atoms with van der Waals surface area (Å²) >= 11 is 0. The first-order chi connectivity index (χ1) is 16.0. The number of ether oxygens (including phenoxy) is 2. The van der Waals surface area contributed by atoms with E-state index in [2.05, 4.69) is 4.98 Å². The molecule has 4 aromatic rings. The maximum absolute atomic E-state index is 13.3. The molecule has 1 N–H and O–H groups in total. The highest BCUT2D eigenvalue weighted by Gasteiger charge is 2.13. The lowest BCUT2D eigenvalue weighted by molar-refractivity contribution is 0.0693. The topological polar surface area (TPSA) is 68.7 Å². The predicted molar refractivity (Wildman–Crippen MR) is 126 cm³/mol. The van der Waals surface area contributed by atoms with Gasteiger partial charge in [-0.05, 0) is 48.9 Å². The van der Waals surface area contributed by atoms with Gasteiger partial charge in [0.2, 0.25) is 0 Å². The fraction of sp³-hybridized carbons (Fsp3) is 0.185. The van der Waals surface area contributed by atoms with E-state index in [-0.39, 0.29) is 24.6 Å². The third kappa shape index (κ3) is 6.07. The Morgan fingerprint density at radius 3 is 2.33 bits per heavy atom. The Morgan fingerprint density at radius 2 is 1.61 bits per heavy atom. The highest BCUT2D eigenvalue weighted by molar-refractivity contribution is 5.91. The van der Waals surface area contributed by atoms with Crippen molar-refractivity contribution in [3.05, 3.63) is 101 Å². The van der Waals surface area contributed by atoms with Crippen LogP contribution in [0, 0.1) is 12.7 Å². The van der Waals surface area contributed by atoms with Gasteiger partial charge in [-0.3, -0.25) is 0 Å². The molecule has 3 aromatic carbocycles. The second kappa shape index (κ2) is 11.1. The van der Waals surface area contributed by atoms with Crippen LogP contribution in [0.15, 0.2) is 72.8 Å². The van der Waals surface area contributed by atoms with Gasteiger partial charge in [0.05, 0.1) is 16.8 Å². The number of carboxylic acid groups (broad SMARTS) is 1. The summed E-state index contributed by atoms with van der Waals surface area (Å²) in [4.78, 5) is 16.0. The van der Waals surface area contributed by atoms with Gasteiger partial charge in [0, 0.05) is 17.0 Å². The van der Waals surface area contributed by atoms with Crippen LogP contribution in [0.1, 0.15) is 41.0 Å². The van der Waals surface area contributed by atoms with Crippen LogP contribution in [0.5, 0.6) is 11.5 Å². The van der Waals surface area contributed by atoms with Crippen LogP contribution in [0.3, 0.4) is 0 Å². The van der Waals surface area contributed by atoms with Crippen LogP contribution in [0.4, 0.5) is 4.39 Å². The van der Waals surface area contributed by atoms with Crippen LogP contribution in [-0.4, -0.2) is 16.1 Å². The van der Waals surface area contributed by atoms with Gasteiger partial charge in [-0.25, -0.2) is 14.2 Å². The van der Waals surface area contributed by atoms with Crippen molar-refractivity contribution in [2.45, 2.75) is 34.0 Å². The van der Waals surface area contributed by atoms with E-state index < -0.39 is 5.97 Å². The molecule has 0 aliphatic carbocycles. The maximum Gasteiger partial charge on any atom is 0.336 e. The summed E-state index contributed by atoms with van der Waals surface area (Å²) in [5.74, 6) is -0.103. The molecule has 0 aliphatic rings. The molecular formula is C27H26FNO4. The molecule has 0 radical (unpaired) electrons. The summed E-state index contributed by atoms with van der Waals surface area (Å²) in [6.07, 6.45) is 0. The fourth-order valence-electron chi connectivity index (χ4n) is 3.35. The van der Waals surface area contributed by atoms with Gasteiger partial charge in [0.1, 0.15) is 30.5 Å². The second-order valence-corrected chi connectivity index (χ2v) is 7.11. The summed E-state index contributed by atoms with van der Waals surface area (Å²) < 4.78 is 24.9. The largest absolute Gasteiger partial charge is 0.489 e. The molecule has 0 unspecified atom stereocenters. The number of nitrogens with zero attached hydrogens (tertiary/aromatic N) is 1. The van der Waals surface area contributed by atoms with E-state index in [0.29, 0.717) is 28.1 Å². The number of aromatic nitrogens is 1. The number of pyridine rings is 1. The first-order valence-electron chi connectivity index (χ1n) is 10.7.